The van der Waals surface area contributed by atoms with Crippen molar-refractivity contribution >= 4 is 23.6 Å². The number of H-pyrrole nitrogens is 1. The second-order valence-electron chi connectivity index (χ2n) is 9.35. The molecule has 3 heterocycles. The molecule has 2 aliphatic heterocycles. The van der Waals surface area contributed by atoms with Crippen LogP contribution in [-0.4, -0.2) is 64.6 Å². The monoisotopic (exact) mass is 454 g/mol. The molecule has 5 rings (SSSR count). The van der Waals surface area contributed by atoms with Gasteiger partial charge in [-0.1, -0.05) is 18.2 Å². The van der Waals surface area contributed by atoms with Crippen LogP contribution in [0.15, 0.2) is 36.4 Å². The maximum Gasteiger partial charge on any atom is 0.407 e. The van der Waals surface area contributed by atoms with Gasteiger partial charge in [-0.2, -0.15) is 5.10 Å². The number of aromatic amines is 1. The number of carbonyl (C=O) groups is 2. The molecule has 3 atom stereocenters. The maximum absolute atomic E-state index is 12.7. The summed E-state index contributed by atoms with van der Waals surface area (Å²) < 4.78 is 11.3. The molecule has 176 valence electrons. The predicted molar refractivity (Wildman–Crippen MR) is 122 cm³/mol. The van der Waals surface area contributed by atoms with Crippen LogP contribution in [-0.2, 0) is 9.47 Å². The number of hydrogen-bond acceptors (Lipinski definition) is 6. The Balaban J connectivity index is 1.08. The van der Waals surface area contributed by atoms with E-state index in [1.54, 1.807) is 11.0 Å². The molecule has 3 amide bonds. The average Bonchev–Trinajstić information content (AvgIpc) is 3.22. The van der Waals surface area contributed by atoms with Crippen LogP contribution in [0.4, 0.5) is 21.1 Å². The highest BCUT2D eigenvalue weighted by Crippen LogP contribution is 2.35. The van der Waals surface area contributed by atoms with E-state index < -0.39 is 6.09 Å². The average molecular weight is 455 g/mol. The molecule has 3 aliphatic rings. The molecular formula is C23H30N6O4. The lowest BCUT2D eigenvalue weighted by Crippen LogP contribution is -2.37. The topological polar surface area (TPSA) is 121 Å². The first kappa shape index (κ1) is 21.6. The Labute approximate surface area is 192 Å². The van der Waals surface area contributed by atoms with Crippen molar-refractivity contribution < 1.29 is 19.1 Å². The van der Waals surface area contributed by atoms with E-state index in [1.807, 2.05) is 37.3 Å². The van der Waals surface area contributed by atoms with E-state index in [0.717, 1.165) is 30.6 Å². The fourth-order valence-electron chi connectivity index (χ4n) is 4.22. The third kappa shape index (κ3) is 5.39. The van der Waals surface area contributed by atoms with Gasteiger partial charge in [-0.05, 0) is 38.3 Å². The standard InChI is InChI=1S/C23H30N6O4/c1-23(8-9-23)26-22(31)33-17-11-19(32-14-17)18-12-20(28-27-18)25-21(30)29-10-7-16(13-29)24-15-5-3-2-4-6-15/h2-6,12,16-17,19,24H,7-11,13-14H2,1H3,(H,26,31)(H2,25,27,28,30)/t16-,17+,19+/m0/s1. The number of rotatable bonds is 6. The number of ether oxygens (including phenoxy) is 2. The number of benzene rings is 1. The van der Waals surface area contributed by atoms with Crippen LogP contribution in [0.5, 0.6) is 0 Å². The maximum atomic E-state index is 12.7. The fourth-order valence-corrected chi connectivity index (χ4v) is 4.22. The summed E-state index contributed by atoms with van der Waals surface area (Å²) in [4.78, 5) is 26.5. The quantitative estimate of drug-likeness (QED) is 0.532. The summed E-state index contributed by atoms with van der Waals surface area (Å²) >= 11 is 0. The Morgan fingerprint density at radius 3 is 2.88 bits per heavy atom. The molecule has 1 aliphatic carbocycles. The van der Waals surface area contributed by atoms with Crippen molar-refractivity contribution in [1.29, 1.82) is 0 Å². The largest absolute Gasteiger partial charge is 0.444 e. The lowest BCUT2D eigenvalue weighted by atomic mass is 10.1. The Morgan fingerprint density at radius 1 is 1.27 bits per heavy atom. The van der Waals surface area contributed by atoms with E-state index in [2.05, 4.69) is 26.1 Å². The minimum absolute atomic E-state index is 0.112. The molecule has 1 aromatic heterocycles. The number of nitrogens with zero attached hydrogens (tertiary/aromatic N) is 2. The van der Waals surface area contributed by atoms with Crippen molar-refractivity contribution in [2.75, 3.05) is 30.3 Å². The molecule has 0 spiro atoms. The number of anilines is 2. The third-order valence-corrected chi connectivity index (χ3v) is 6.44. The predicted octanol–water partition coefficient (Wildman–Crippen LogP) is 3.24. The van der Waals surface area contributed by atoms with Gasteiger partial charge in [-0.3, -0.25) is 10.4 Å². The molecule has 1 aromatic carbocycles. The fraction of sp³-hybridized carbons (Fsp3) is 0.522. The minimum Gasteiger partial charge on any atom is -0.444 e. The van der Waals surface area contributed by atoms with Crippen molar-refractivity contribution in [2.45, 2.75) is 56.4 Å². The summed E-state index contributed by atoms with van der Waals surface area (Å²) in [5.74, 6) is 0.446. The van der Waals surface area contributed by atoms with Gasteiger partial charge in [0.15, 0.2) is 5.82 Å². The summed E-state index contributed by atoms with van der Waals surface area (Å²) in [5.41, 5.74) is 1.69. The van der Waals surface area contributed by atoms with Gasteiger partial charge >= 0.3 is 12.1 Å². The van der Waals surface area contributed by atoms with Gasteiger partial charge in [-0.25, -0.2) is 9.59 Å². The Kier molecular flexibility index (Phi) is 5.84. The van der Waals surface area contributed by atoms with Crippen LogP contribution in [0.25, 0.3) is 0 Å². The summed E-state index contributed by atoms with van der Waals surface area (Å²) in [5, 5.41) is 16.3. The smallest absolute Gasteiger partial charge is 0.407 e. The van der Waals surface area contributed by atoms with Crippen LogP contribution in [0.2, 0.25) is 0 Å². The normalized spacial score (nSPS) is 25.5. The first-order valence-corrected chi connectivity index (χ1v) is 11.5. The van der Waals surface area contributed by atoms with Crippen molar-refractivity contribution in [3.63, 3.8) is 0 Å². The van der Waals surface area contributed by atoms with Gasteiger partial charge in [-0.15, -0.1) is 0 Å². The summed E-state index contributed by atoms with van der Waals surface area (Å²) in [6.07, 6.45) is 2.43. The Morgan fingerprint density at radius 2 is 2.09 bits per heavy atom. The zero-order chi connectivity index (χ0) is 22.8. The zero-order valence-corrected chi connectivity index (χ0v) is 18.7. The zero-order valence-electron chi connectivity index (χ0n) is 18.7. The molecule has 2 saturated heterocycles. The lowest BCUT2D eigenvalue weighted by Gasteiger charge is -2.17. The highest BCUT2D eigenvalue weighted by atomic mass is 16.6. The second-order valence-corrected chi connectivity index (χ2v) is 9.35. The summed E-state index contributed by atoms with van der Waals surface area (Å²) in [7, 11) is 0. The number of alkyl carbamates (subject to hydrolysis) is 1. The van der Waals surface area contributed by atoms with Crippen LogP contribution < -0.4 is 16.0 Å². The minimum atomic E-state index is -0.396. The molecule has 0 radical (unpaired) electrons. The number of carbonyl (C=O) groups excluding carboxylic acids is 2. The van der Waals surface area contributed by atoms with Gasteiger partial charge in [0, 0.05) is 42.8 Å². The molecule has 10 nitrogen and oxygen atoms in total. The first-order valence-electron chi connectivity index (χ1n) is 11.5. The first-order chi connectivity index (χ1) is 16.0. The molecular weight excluding hydrogens is 424 g/mol. The highest BCUT2D eigenvalue weighted by molar-refractivity contribution is 5.88. The van der Waals surface area contributed by atoms with Crippen molar-refractivity contribution in [3.8, 4) is 0 Å². The molecule has 1 saturated carbocycles. The molecule has 33 heavy (non-hydrogen) atoms. The number of nitrogens with one attached hydrogen (secondary N) is 4. The van der Waals surface area contributed by atoms with E-state index in [0.29, 0.717) is 31.9 Å². The van der Waals surface area contributed by atoms with E-state index in [4.69, 9.17) is 9.47 Å². The van der Waals surface area contributed by atoms with Crippen LogP contribution in [0.3, 0.4) is 0 Å². The molecule has 10 heteroatoms. The van der Waals surface area contributed by atoms with E-state index in [9.17, 15) is 9.59 Å². The van der Waals surface area contributed by atoms with Gasteiger partial charge in [0.1, 0.15) is 12.2 Å². The highest BCUT2D eigenvalue weighted by Gasteiger charge is 2.40. The number of amides is 3. The van der Waals surface area contributed by atoms with E-state index in [-0.39, 0.29) is 29.8 Å². The molecule has 3 fully saturated rings. The van der Waals surface area contributed by atoms with E-state index in [1.165, 1.54) is 0 Å². The second kappa shape index (κ2) is 8.93. The molecule has 0 bridgehead atoms. The molecule has 0 unspecified atom stereocenters. The summed E-state index contributed by atoms with van der Waals surface area (Å²) in [6, 6.07) is 11.8. The van der Waals surface area contributed by atoms with Crippen molar-refractivity contribution in [3.05, 3.63) is 42.1 Å². The van der Waals surface area contributed by atoms with Gasteiger partial charge in [0.2, 0.25) is 0 Å². The van der Waals surface area contributed by atoms with Crippen LogP contribution in [0, 0.1) is 0 Å². The lowest BCUT2D eigenvalue weighted by molar-refractivity contribution is 0.0675. The number of urea groups is 1. The SMILES string of the molecule is CC1(NC(=O)O[C@H]2CO[C@@H](c3cc(NC(=O)N4CC[C@H](Nc5ccccc5)C4)n[nH]3)C2)CC1. The third-order valence-electron chi connectivity index (χ3n) is 6.44. The van der Waals surface area contributed by atoms with E-state index >= 15 is 0 Å². The van der Waals surface area contributed by atoms with Crippen LogP contribution in [0.1, 0.15) is 44.4 Å². The molecule has 2 aromatic rings. The summed E-state index contributed by atoms with van der Waals surface area (Å²) in [6.45, 7) is 3.65. The van der Waals surface area contributed by atoms with Gasteiger partial charge in [0.05, 0.1) is 12.3 Å². The van der Waals surface area contributed by atoms with Crippen molar-refractivity contribution in [1.82, 2.24) is 20.4 Å². The van der Waals surface area contributed by atoms with Crippen LogP contribution >= 0.6 is 0 Å². The number of aromatic nitrogens is 2. The van der Waals surface area contributed by atoms with Crippen molar-refractivity contribution in [2.24, 2.45) is 0 Å². The Bertz CT molecular complexity index is 992. The molecule has 4 N–H and O–H groups in total. The number of likely N-dealkylation sites (tertiary alicyclic amines) is 1. The van der Waals surface area contributed by atoms with Gasteiger partial charge in [0.25, 0.3) is 0 Å². The number of para-hydroxylation sites is 1. The van der Waals surface area contributed by atoms with Gasteiger partial charge < -0.3 is 25.0 Å². The Hall–Kier alpha value is -3.27. The number of hydrogen-bond donors (Lipinski definition) is 4.